The van der Waals surface area contributed by atoms with Crippen molar-refractivity contribution in [3.05, 3.63) is 53.1 Å². The van der Waals surface area contributed by atoms with E-state index in [0.29, 0.717) is 5.75 Å². The van der Waals surface area contributed by atoms with Crippen molar-refractivity contribution in [3.8, 4) is 11.5 Å². The lowest BCUT2D eigenvalue weighted by atomic mass is 10.2. The van der Waals surface area contributed by atoms with Gasteiger partial charge in [-0.05, 0) is 31.2 Å². The molecule has 0 radical (unpaired) electrons. The molecule has 0 bridgehead atoms. The zero-order chi connectivity index (χ0) is 13.1. The monoisotopic (exact) mass is 266 g/mol. The number of pyridine rings is 1. The molecule has 1 atom stereocenters. The molecular weight excluding hydrogens is 255 g/mol. The molecule has 0 amide bonds. The van der Waals surface area contributed by atoms with Crippen molar-refractivity contribution in [2.24, 2.45) is 5.73 Å². The number of ether oxygens (including phenoxy) is 1. The van der Waals surface area contributed by atoms with Gasteiger partial charge >= 0.3 is 0 Å². The fraction of sp³-hybridized carbons (Fsp3) is 0.154. The van der Waals surface area contributed by atoms with Crippen molar-refractivity contribution in [2.45, 2.75) is 13.0 Å². The molecule has 1 aromatic heterocycles. The minimum absolute atomic E-state index is 0.0210. The molecule has 5 heteroatoms. The van der Waals surface area contributed by atoms with Crippen LogP contribution >= 0.6 is 11.6 Å². The lowest BCUT2D eigenvalue weighted by molar-refractivity contribution is 0.440. The highest BCUT2D eigenvalue weighted by atomic mass is 35.5. The Morgan fingerprint density at radius 1 is 1.33 bits per heavy atom. The van der Waals surface area contributed by atoms with Gasteiger partial charge in [-0.15, -0.1) is 0 Å². The van der Waals surface area contributed by atoms with Crippen molar-refractivity contribution in [1.82, 2.24) is 4.98 Å². The molecule has 1 heterocycles. The van der Waals surface area contributed by atoms with Crippen LogP contribution in [-0.4, -0.2) is 4.98 Å². The second kappa shape index (κ2) is 5.33. The number of halogens is 2. The van der Waals surface area contributed by atoms with E-state index in [2.05, 4.69) is 4.98 Å². The summed E-state index contributed by atoms with van der Waals surface area (Å²) in [4.78, 5) is 4.12. The van der Waals surface area contributed by atoms with E-state index in [1.165, 1.54) is 18.3 Å². The molecule has 2 N–H and O–H groups in total. The molecule has 1 aromatic carbocycles. The predicted molar refractivity (Wildman–Crippen MR) is 68.3 cm³/mol. The first kappa shape index (κ1) is 12.8. The number of benzene rings is 1. The van der Waals surface area contributed by atoms with Gasteiger partial charge in [0, 0.05) is 6.04 Å². The highest BCUT2D eigenvalue weighted by Crippen LogP contribution is 2.28. The fourth-order valence-corrected chi connectivity index (χ4v) is 1.58. The molecule has 2 rings (SSSR count). The molecule has 0 aliphatic heterocycles. The van der Waals surface area contributed by atoms with Crippen LogP contribution in [0.3, 0.4) is 0 Å². The van der Waals surface area contributed by atoms with Crippen molar-refractivity contribution in [1.29, 1.82) is 0 Å². The van der Waals surface area contributed by atoms with E-state index >= 15 is 0 Å². The topological polar surface area (TPSA) is 48.1 Å². The maximum Gasteiger partial charge on any atom is 0.184 e. The third kappa shape index (κ3) is 2.78. The third-order valence-electron chi connectivity index (χ3n) is 2.37. The number of nitrogens with two attached hydrogens (primary N) is 1. The first-order valence-corrected chi connectivity index (χ1v) is 5.79. The van der Waals surface area contributed by atoms with Gasteiger partial charge in [0.15, 0.2) is 11.6 Å². The standard InChI is InChI=1S/C13H12ClFN2O/c1-8(16)11-6-5-9(7-17-11)18-12-4-2-3-10(14)13(12)15/h2-8H,16H2,1H3/t8-/m0/s1. The zero-order valence-electron chi connectivity index (χ0n) is 9.73. The highest BCUT2D eigenvalue weighted by Gasteiger charge is 2.09. The van der Waals surface area contributed by atoms with Crippen molar-refractivity contribution in [3.63, 3.8) is 0 Å². The Morgan fingerprint density at radius 2 is 2.11 bits per heavy atom. The first-order valence-electron chi connectivity index (χ1n) is 5.41. The van der Waals surface area contributed by atoms with Crippen LogP contribution < -0.4 is 10.5 Å². The maximum atomic E-state index is 13.6. The van der Waals surface area contributed by atoms with Gasteiger partial charge in [-0.3, -0.25) is 4.98 Å². The summed E-state index contributed by atoms with van der Waals surface area (Å²) < 4.78 is 19.0. The van der Waals surface area contributed by atoms with Crippen LogP contribution in [0.1, 0.15) is 18.7 Å². The number of hydrogen-bond acceptors (Lipinski definition) is 3. The zero-order valence-corrected chi connectivity index (χ0v) is 10.5. The normalized spacial score (nSPS) is 12.2. The Balaban J connectivity index is 2.21. The Bertz CT molecular complexity index is 543. The van der Waals surface area contributed by atoms with Crippen LogP contribution in [0, 0.1) is 5.82 Å². The summed E-state index contributed by atoms with van der Waals surface area (Å²) in [7, 11) is 0. The average Bonchev–Trinajstić information content (AvgIpc) is 2.36. The number of aromatic nitrogens is 1. The summed E-state index contributed by atoms with van der Waals surface area (Å²) in [6.07, 6.45) is 1.50. The summed E-state index contributed by atoms with van der Waals surface area (Å²) in [5.41, 5.74) is 6.42. The lowest BCUT2D eigenvalue weighted by Crippen LogP contribution is -2.06. The molecule has 0 saturated carbocycles. The van der Waals surface area contributed by atoms with Gasteiger partial charge in [0.2, 0.25) is 0 Å². The van der Waals surface area contributed by atoms with Crippen molar-refractivity contribution >= 4 is 11.6 Å². The van der Waals surface area contributed by atoms with Gasteiger partial charge in [0.05, 0.1) is 16.9 Å². The molecule has 2 aromatic rings. The predicted octanol–water partition coefficient (Wildman–Crippen LogP) is 3.69. The molecule has 94 valence electrons. The van der Waals surface area contributed by atoms with Crippen LogP contribution in [-0.2, 0) is 0 Å². The summed E-state index contributed by atoms with van der Waals surface area (Å²) in [6, 6.07) is 7.85. The summed E-state index contributed by atoms with van der Waals surface area (Å²) in [5.74, 6) is -0.0890. The van der Waals surface area contributed by atoms with E-state index in [-0.39, 0.29) is 16.8 Å². The first-order chi connectivity index (χ1) is 8.58. The van der Waals surface area contributed by atoms with Crippen LogP contribution in [0.25, 0.3) is 0 Å². The molecule has 0 aliphatic carbocycles. The smallest absolute Gasteiger partial charge is 0.184 e. The van der Waals surface area contributed by atoms with Crippen LogP contribution in [0.4, 0.5) is 4.39 Å². The van der Waals surface area contributed by atoms with E-state index in [9.17, 15) is 4.39 Å². The quantitative estimate of drug-likeness (QED) is 0.922. The minimum atomic E-state index is -0.588. The summed E-state index contributed by atoms with van der Waals surface area (Å²) in [6.45, 7) is 1.83. The number of hydrogen-bond donors (Lipinski definition) is 1. The Hall–Kier alpha value is -1.65. The number of nitrogens with zero attached hydrogens (tertiary/aromatic N) is 1. The Labute approximate surface area is 109 Å². The number of rotatable bonds is 3. The van der Waals surface area contributed by atoms with Gasteiger partial charge in [-0.25, -0.2) is 4.39 Å². The second-order valence-electron chi connectivity index (χ2n) is 3.86. The average molecular weight is 267 g/mol. The molecule has 0 aliphatic rings. The molecule has 0 fully saturated rings. The van der Waals surface area contributed by atoms with E-state index in [1.807, 2.05) is 6.92 Å². The molecular formula is C13H12ClFN2O. The van der Waals surface area contributed by atoms with Crippen molar-refractivity contribution in [2.75, 3.05) is 0 Å². The molecule has 0 spiro atoms. The van der Waals surface area contributed by atoms with Crippen molar-refractivity contribution < 1.29 is 9.13 Å². The van der Waals surface area contributed by atoms with Gasteiger partial charge in [0.25, 0.3) is 0 Å². The molecule has 0 unspecified atom stereocenters. The summed E-state index contributed by atoms with van der Waals surface area (Å²) in [5, 5.41) is 0.0210. The SMILES string of the molecule is C[C@H](N)c1ccc(Oc2cccc(Cl)c2F)cn1. The lowest BCUT2D eigenvalue weighted by Gasteiger charge is -2.08. The largest absolute Gasteiger partial charge is 0.453 e. The van der Waals surface area contributed by atoms with Crippen LogP contribution in [0.15, 0.2) is 36.5 Å². The molecule has 3 nitrogen and oxygen atoms in total. The van der Waals surface area contributed by atoms with E-state index in [4.69, 9.17) is 22.1 Å². The highest BCUT2D eigenvalue weighted by molar-refractivity contribution is 6.30. The summed E-state index contributed by atoms with van der Waals surface area (Å²) >= 11 is 5.66. The maximum absolute atomic E-state index is 13.6. The van der Waals surface area contributed by atoms with Gasteiger partial charge in [-0.1, -0.05) is 17.7 Å². The molecule has 0 saturated heterocycles. The van der Waals surface area contributed by atoms with Gasteiger partial charge in [-0.2, -0.15) is 0 Å². The van der Waals surface area contributed by atoms with Gasteiger partial charge < -0.3 is 10.5 Å². The molecule has 18 heavy (non-hydrogen) atoms. The van der Waals surface area contributed by atoms with E-state index in [1.54, 1.807) is 18.2 Å². The van der Waals surface area contributed by atoms with Crippen LogP contribution in [0.5, 0.6) is 11.5 Å². The third-order valence-corrected chi connectivity index (χ3v) is 2.66. The van der Waals surface area contributed by atoms with E-state index in [0.717, 1.165) is 5.69 Å². The van der Waals surface area contributed by atoms with Crippen LogP contribution in [0.2, 0.25) is 5.02 Å². The minimum Gasteiger partial charge on any atom is -0.453 e. The van der Waals surface area contributed by atoms with Gasteiger partial charge in [0.1, 0.15) is 5.75 Å². The second-order valence-corrected chi connectivity index (χ2v) is 4.27. The fourth-order valence-electron chi connectivity index (χ4n) is 1.41. The Morgan fingerprint density at radius 3 is 2.72 bits per heavy atom. The Kier molecular flexibility index (Phi) is 3.79. The van der Waals surface area contributed by atoms with E-state index < -0.39 is 5.82 Å².